The predicted octanol–water partition coefficient (Wildman–Crippen LogP) is 2.25. The van der Waals surface area contributed by atoms with Crippen molar-refractivity contribution in [2.75, 3.05) is 31.8 Å². The Morgan fingerprint density at radius 2 is 2.21 bits per heavy atom. The lowest BCUT2D eigenvalue weighted by Crippen LogP contribution is -2.47. The molecule has 2 heterocycles. The van der Waals surface area contributed by atoms with E-state index in [9.17, 15) is 9.59 Å². The van der Waals surface area contributed by atoms with Crippen molar-refractivity contribution in [3.63, 3.8) is 0 Å². The van der Waals surface area contributed by atoms with E-state index in [1.54, 1.807) is 18.9 Å². The van der Waals surface area contributed by atoms with Gasteiger partial charge in [0.25, 0.3) is 0 Å². The number of thioether (sulfide) groups is 1. The van der Waals surface area contributed by atoms with Gasteiger partial charge in [-0.3, -0.25) is 9.59 Å². The second-order valence-corrected chi connectivity index (χ2v) is 9.45. The Labute approximate surface area is 175 Å². The second kappa shape index (κ2) is 8.51. The number of rotatable bonds is 5. The van der Waals surface area contributed by atoms with Crippen LogP contribution < -0.4 is 10.1 Å². The smallest absolute Gasteiger partial charge is 0.241 e. The molecule has 1 aromatic carbocycles. The molecule has 4 rings (SSSR count). The normalized spacial score (nSPS) is 27.0. The van der Waals surface area contributed by atoms with Crippen LogP contribution in [0.4, 0.5) is 0 Å². The van der Waals surface area contributed by atoms with Crippen LogP contribution in [-0.2, 0) is 22.4 Å². The molecule has 3 atom stereocenters. The van der Waals surface area contributed by atoms with E-state index in [1.807, 2.05) is 11.0 Å². The highest BCUT2D eigenvalue weighted by Gasteiger charge is 2.43. The molecule has 1 amide bonds. The molecule has 0 saturated carbocycles. The molecule has 2 aliphatic heterocycles. The van der Waals surface area contributed by atoms with Gasteiger partial charge < -0.3 is 15.0 Å². The van der Waals surface area contributed by atoms with Crippen LogP contribution in [0.15, 0.2) is 18.2 Å². The summed E-state index contributed by atoms with van der Waals surface area (Å²) in [5.74, 6) is 2.59. The molecule has 1 aliphatic carbocycles. The zero-order chi connectivity index (χ0) is 19.7. The minimum atomic E-state index is -0.473. The van der Waals surface area contributed by atoms with Crippen molar-refractivity contribution >= 4 is 40.5 Å². The zero-order valence-corrected chi connectivity index (χ0v) is 17.7. The average molecular weight is 419 g/mol. The van der Waals surface area contributed by atoms with Crippen molar-refractivity contribution in [2.24, 2.45) is 11.8 Å². The largest absolute Gasteiger partial charge is 0.497 e. The monoisotopic (exact) mass is 418 g/mol. The second-order valence-electron chi connectivity index (χ2n) is 7.86. The highest BCUT2D eigenvalue weighted by molar-refractivity contribution is 7.99. The first kappa shape index (κ1) is 19.9. The van der Waals surface area contributed by atoms with Crippen LogP contribution in [0.5, 0.6) is 5.75 Å². The van der Waals surface area contributed by atoms with E-state index in [4.69, 9.17) is 17.0 Å². The summed E-state index contributed by atoms with van der Waals surface area (Å²) in [5.41, 5.74) is 2.62. The first-order valence-electron chi connectivity index (χ1n) is 9.88. The maximum Gasteiger partial charge on any atom is 0.241 e. The third kappa shape index (κ3) is 3.98. The lowest BCUT2D eigenvalue weighted by Gasteiger charge is -2.27. The van der Waals surface area contributed by atoms with Gasteiger partial charge in [-0.1, -0.05) is 18.3 Å². The Kier molecular flexibility index (Phi) is 6.04. The summed E-state index contributed by atoms with van der Waals surface area (Å²) in [5, 5.41) is 3.20. The van der Waals surface area contributed by atoms with Crippen LogP contribution in [0.2, 0.25) is 0 Å². The van der Waals surface area contributed by atoms with Gasteiger partial charge in [-0.05, 0) is 48.4 Å². The van der Waals surface area contributed by atoms with Crippen LogP contribution in [-0.4, -0.2) is 59.3 Å². The number of nitrogens with zero attached hydrogens (tertiary/aromatic N) is 1. The summed E-state index contributed by atoms with van der Waals surface area (Å²) in [7, 11) is 1.68. The van der Waals surface area contributed by atoms with Gasteiger partial charge in [0.05, 0.1) is 18.9 Å². The highest BCUT2D eigenvalue weighted by atomic mass is 32.2. The summed E-state index contributed by atoms with van der Waals surface area (Å²) >= 11 is 7.23. The third-order valence-corrected chi connectivity index (χ3v) is 7.45. The molecule has 150 valence electrons. The number of ether oxygens (including phenoxy) is 1. The summed E-state index contributed by atoms with van der Waals surface area (Å²) in [6, 6.07) is 5.73. The minimum absolute atomic E-state index is 0.0317. The van der Waals surface area contributed by atoms with Gasteiger partial charge in [0.2, 0.25) is 5.91 Å². The zero-order valence-electron chi connectivity index (χ0n) is 16.1. The summed E-state index contributed by atoms with van der Waals surface area (Å²) in [6.07, 6.45) is 3.35. The Hall–Kier alpha value is -1.44. The van der Waals surface area contributed by atoms with E-state index in [-0.39, 0.29) is 11.7 Å². The minimum Gasteiger partial charge on any atom is -0.497 e. The van der Waals surface area contributed by atoms with Gasteiger partial charge in [0.15, 0.2) is 0 Å². The van der Waals surface area contributed by atoms with E-state index in [2.05, 4.69) is 17.4 Å². The van der Waals surface area contributed by atoms with Crippen molar-refractivity contribution in [1.82, 2.24) is 10.2 Å². The van der Waals surface area contributed by atoms with Crippen LogP contribution >= 0.6 is 24.0 Å². The number of aryl methyl sites for hydroxylation is 1. The molecular weight excluding hydrogens is 392 g/mol. The van der Waals surface area contributed by atoms with Crippen LogP contribution in [0.25, 0.3) is 0 Å². The molecule has 0 radical (unpaired) electrons. The number of nitrogens with one attached hydrogen (secondary N) is 1. The van der Waals surface area contributed by atoms with E-state index >= 15 is 0 Å². The van der Waals surface area contributed by atoms with Gasteiger partial charge in [0, 0.05) is 30.1 Å². The lowest BCUT2D eigenvalue weighted by atomic mass is 9.79. The maximum absolute atomic E-state index is 13.1. The van der Waals surface area contributed by atoms with Crippen molar-refractivity contribution in [2.45, 2.75) is 31.7 Å². The number of hydrogen-bond donors (Lipinski definition) is 1. The number of amides is 1. The van der Waals surface area contributed by atoms with Gasteiger partial charge in [-0.15, -0.1) is 11.8 Å². The predicted molar refractivity (Wildman–Crippen MR) is 115 cm³/mol. The van der Waals surface area contributed by atoms with Gasteiger partial charge in [0.1, 0.15) is 17.6 Å². The van der Waals surface area contributed by atoms with Crippen LogP contribution in [0.3, 0.4) is 0 Å². The molecule has 5 nitrogen and oxygen atoms in total. The number of carbonyl (C=O) groups excluding carboxylic acids is 2. The third-order valence-electron chi connectivity index (χ3n) is 6.09. The molecular formula is C21H26N2O3S2. The SMILES string of the molecule is COc1ccc2c(c1)CCC(CC(=O)C1C(=S)CN[C@@H]1C(=O)N1CCSC1)C2. The number of methoxy groups -OCH3 is 1. The Morgan fingerprint density at radius 3 is 2.96 bits per heavy atom. The number of thiocarbonyl (C=S) groups is 1. The van der Waals surface area contributed by atoms with Gasteiger partial charge in [-0.2, -0.15) is 0 Å². The van der Waals surface area contributed by atoms with E-state index in [0.29, 0.717) is 29.6 Å². The number of fused-ring (bicyclic) bond motifs is 1. The Morgan fingerprint density at radius 1 is 1.36 bits per heavy atom. The number of hydrogen-bond acceptors (Lipinski definition) is 6. The lowest BCUT2D eigenvalue weighted by molar-refractivity contribution is -0.135. The molecule has 0 spiro atoms. The molecule has 0 bridgehead atoms. The molecule has 0 aromatic heterocycles. The van der Waals surface area contributed by atoms with E-state index < -0.39 is 12.0 Å². The molecule has 2 unspecified atom stereocenters. The quantitative estimate of drug-likeness (QED) is 0.741. The van der Waals surface area contributed by atoms with Crippen molar-refractivity contribution in [3.8, 4) is 5.75 Å². The van der Waals surface area contributed by atoms with Crippen molar-refractivity contribution in [3.05, 3.63) is 29.3 Å². The van der Waals surface area contributed by atoms with Gasteiger partial charge >= 0.3 is 0 Å². The number of ketones is 1. The molecule has 2 saturated heterocycles. The molecule has 2 fully saturated rings. The van der Waals surface area contributed by atoms with Gasteiger partial charge in [-0.25, -0.2) is 0 Å². The Balaban J connectivity index is 1.42. The molecule has 7 heteroatoms. The average Bonchev–Trinajstić information content (AvgIpc) is 3.37. The van der Waals surface area contributed by atoms with Crippen molar-refractivity contribution < 1.29 is 14.3 Å². The molecule has 3 aliphatic rings. The fraction of sp³-hybridized carbons (Fsp3) is 0.571. The van der Waals surface area contributed by atoms with Crippen LogP contribution in [0, 0.1) is 11.8 Å². The van der Waals surface area contributed by atoms with E-state index in [0.717, 1.165) is 37.3 Å². The first-order chi connectivity index (χ1) is 13.6. The summed E-state index contributed by atoms with van der Waals surface area (Å²) in [6.45, 7) is 1.24. The standard InChI is InChI=1S/C21H26N2O3S2/c1-26-16-5-4-14-8-13(2-3-15(14)10-16)9-17(24)19-18(27)11-22-20(19)21(25)23-6-7-28-12-23/h4-5,10,13,19-20,22H,2-3,6-9,11-12H2,1H3/t13?,19?,20-/m0/s1. The summed E-state index contributed by atoms with van der Waals surface area (Å²) in [4.78, 5) is 28.5. The van der Waals surface area contributed by atoms with Crippen LogP contribution in [0.1, 0.15) is 24.0 Å². The fourth-order valence-corrected chi connectivity index (χ4v) is 5.83. The topological polar surface area (TPSA) is 58.6 Å². The number of Topliss-reactive ketones (excluding diaryl/α,β-unsaturated/α-hetero) is 1. The number of benzene rings is 1. The Bertz CT molecular complexity index is 792. The van der Waals surface area contributed by atoms with E-state index in [1.165, 1.54) is 11.1 Å². The summed E-state index contributed by atoms with van der Waals surface area (Å²) < 4.78 is 5.31. The number of carbonyl (C=O) groups is 2. The fourth-order valence-electron chi connectivity index (χ4n) is 4.52. The molecule has 1 N–H and O–H groups in total. The van der Waals surface area contributed by atoms with Crippen molar-refractivity contribution in [1.29, 1.82) is 0 Å². The highest BCUT2D eigenvalue weighted by Crippen LogP contribution is 2.32. The molecule has 1 aromatic rings. The first-order valence-corrected chi connectivity index (χ1v) is 11.4. The molecule has 28 heavy (non-hydrogen) atoms. The maximum atomic E-state index is 13.1.